The van der Waals surface area contributed by atoms with Gasteiger partial charge in [0.2, 0.25) is 15.9 Å². The summed E-state index contributed by atoms with van der Waals surface area (Å²) in [4.78, 5) is 4.81. The van der Waals surface area contributed by atoms with Gasteiger partial charge in [-0.3, -0.25) is 0 Å². The number of imidazole rings is 1. The van der Waals surface area contributed by atoms with E-state index in [1.165, 1.54) is 11.8 Å². The predicted octanol–water partition coefficient (Wildman–Crippen LogP) is 3.85. The topological polar surface area (TPSA) is 93.6 Å². The number of nitrogens with zero attached hydrogens (tertiary/aromatic N) is 5. The minimum absolute atomic E-state index is 0.254. The van der Waals surface area contributed by atoms with Crippen LogP contribution >= 0.6 is 11.8 Å². The maximum absolute atomic E-state index is 13.0. The van der Waals surface area contributed by atoms with E-state index in [0.29, 0.717) is 35.5 Å². The van der Waals surface area contributed by atoms with Crippen molar-refractivity contribution in [3.05, 3.63) is 60.6 Å². The molecule has 4 aromatic rings. The third-order valence-corrected chi connectivity index (χ3v) is 7.94. The molecule has 0 aliphatic carbocycles. The summed E-state index contributed by atoms with van der Waals surface area (Å²) in [6.45, 7) is 1.13. The lowest BCUT2D eigenvalue weighted by Crippen LogP contribution is -2.35. The number of hydrogen-bond acceptors (Lipinski definition) is 7. The second-order valence-corrected chi connectivity index (χ2v) is 10.2. The molecular weight excluding hydrogens is 434 g/mol. The van der Waals surface area contributed by atoms with E-state index in [1.807, 2.05) is 35.0 Å². The first-order valence-electron chi connectivity index (χ1n) is 10.1. The van der Waals surface area contributed by atoms with Gasteiger partial charge in [-0.2, -0.15) is 4.31 Å². The van der Waals surface area contributed by atoms with Crippen molar-refractivity contribution in [1.82, 2.24) is 23.9 Å². The lowest BCUT2D eigenvalue weighted by Gasteiger charge is -2.25. The molecular formula is C21H21N5O3S2. The molecule has 1 aliphatic rings. The van der Waals surface area contributed by atoms with Gasteiger partial charge in [-0.25, -0.2) is 13.4 Å². The SMILES string of the molecule is O=S(=O)(c1cccc(-c2nnc(SCc3cn4ccccc4n3)o2)c1)N1CCCCC1. The van der Waals surface area contributed by atoms with Gasteiger partial charge in [0.15, 0.2) is 0 Å². The molecule has 4 heterocycles. The molecule has 1 fully saturated rings. The number of fused-ring (bicyclic) bond motifs is 1. The monoisotopic (exact) mass is 455 g/mol. The molecule has 0 saturated carbocycles. The van der Waals surface area contributed by atoms with Crippen LogP contribution in [-0.4, -0.2) is 45.4 Å². The summed E-state index contributed by atoms with van der Waals surface area (Å²) in [5.41, 5.74) is 2.38. The highest BCUT2D eigenvalue weighted by atomic mass is 32.2. The van der Waals surface area contributed by atoms with Crippen LogP contribution < -0.4 is 0 Å². The van der Waals surface area contributed by atoms with E-state index in [0.717, 1.165) is 30.6 Å². The Morgan fingerprint density at radius 3 is 2.74 bits per heavy atom. The molecule has 0 radical (unpaired) electrons. The predicted molar refractivity (Wildman–Crippen MR) is 117 cm³/mol. The zero-order valence-electron chi connectivity index (χ0n) is 16.7. The molecule has 1 aliphatic heterocycles. The Morgan fingerprint density at radius 1 is 1.03 bits per heavy atom. The van der Waals surface area contributed by atoms with Gasteiger partial charge in [-0.05, 0) is 43.2 Å². The van der Waals surface area contributed by atoms with E-state index in [2.05, 4.69) is 15.2 Å². The number of aromatic nitrogens is 4. The summed E-state index contributed by atoms with van der Waals surface area (Å²) in [6.07, 6.45) is 6.79. The fraction of sp³-hybridized carbons (Fsp3) is 0.286. The molecule has 5 rings (SSSR count). The van der Waals surface area contributed by atoms with Gasteiger partial charge in [0.1, 0.15) is 5.65 Å². The smallest absolute Gasteiger partial charge is 0.277 e. The van der Waals surface area contributed by atoms with Crippen molar-refractivity contribution in [2.24, 2.45) is 0 Å². The Labute approximate surface area is 184 Å². The molecule has 3 aromatic heterocycles. The van der Waals surface area contributed by atoms with E-state index >= 15 is 0 Å². The number of thioether (sulfide) groups is 1. The van der Waals surface area contributed by atoms with E-state index in [1.54, 1.807) is 28.6 Å². The lowest BCUT2D eigenvalue weighted by atomic mass is 10.2. The zero-order valence-corrected chi connectivity index (χ0v) is 18.3. The summed E-state index contributed by atoms with van der Waals surface area (Å²) in [7, 11) is -3.52. The van der Waals surface area contributed by atoms with Gasteiger partial charge >= 0.3 is 0 Å². The molecule has 1 aromatic carbocycles. The standard InChI is InChI=1S/C21H21N5O3S2/c27-31(28,26-11-3-1-4-12-26)18-8-6-7-16(13-18)20-23-24-21(29-20)30-15-17-14-25-10-5-2-9-19(25)22-17/h2,5-10,13-14H,1,3-4,11-12,15H2. The summed E-state index contributed by atoms with van der Waals surface area (Å²) >= 11 is 1.39. The van der Waals surface area contributed by atoms with Gasteiger partial charge < -0.3 is 8.82 Å². The van der Waals surface area contributed by atoms with Crippen molar-refractivity contribution in [3.63, 3.8) is 0 Å². The Kier molecular flexibility index (Phi) is 5.51. The summed E-state index contributed by atoms with van der Waals surface area (Å²) in [6, 6.07) is 12.6. The molecule has 0 N–H and O–H groups in total. The number of sulfonamides is 1. The van der Waals surface area contributed by atoms with Crippen LogP contribution in [0.4, 0.5) is 0 Å². The van der Waals surface area contributed by atoms with Crippen LogP contribution in [0.1, 0.15) is 25.0 Å². The minimum atomic E-state index is -3.52. The molecule has 160 valence electrons. The van der Waals surface area contributed by atoms with Crippen LogP contribution in [0.5, 0.6) is 0 Å². The molecule has 0 atom stereocenters. The van der Waals surface area contributed by atoms with Gasteiger partial charge in [0.05, 0.1) is 10.6 Å². The van der Waals surface area contributed by atoms with Crippen LogP contribution in [0.2, 0.25) is 0 Å². The second-order valence-electron chi connectivity index (χ2n) is 7.35. The fourth-order valence-corrected chi connectivity index (χ4v) is 5.83. The Hall–Kier alpha value is -2.69. The summed E-state index contributed by atoms with van der Waals surface area (Å²) in [5, 5.41) is 8.61. The summed E-state index contributed by atoms with van der Waals surface area (Å²) in [5.74, 6) is 0.889. The molecule has 0 unspecified atom stereocenters. The van der Waals surface area contributed by atoms with Crippen molar-refractivity contribution < 1.29 is 12.8 Å². The van der Waals surface area contributed by atoms with Crippen molar-refractivity contribution in [3.8, 4) is 11.5 Å². The largest absolute Gasteiger partial charge is 0.411 e. The zero-order chi connectivity index (χ0) is 21.3. The second kappa shape index (κ2) is 8.45. The number of piperidine rings is 1. The van der Waals surface area contributed by atoms with Crippen LogP contribution in [0, 0.1) is 0 Å². The Morgan fingerprint density at radius 2 is 1.90 bits per heavy atom. The first kappa shape index (κ1) is 20.2. The van der Waals surface area contributed by atoms with Crippen LogP contribution in [-0.2, 0) is 15.8 Å². The number of rotatable bonds is 6. The van der Waals surface area contributed by atoms with Crippen LogP contribution in [0.25, 0.3) is 17.1 Å². The van der Waals surface area contributed by atoms with Crippen molar-refractivity contribution in [1.29, 1.82) is 0 Å². The first-order valence-corrected chi connectivity index (χ1v) is 12.5. The highest BCUT2D eigenvalue weighted by molar-refractivity contribution is 7.98. The molecule has 0 amide bonds. The Balaban J connectivity index is 1.32. The maximum atomic E-state index is 13.0. The molecule has 31 heavy (non-hydrogen) atoms. The van der Waals surface area contributed by atoms with Gasteiger partial charge in [-0.1, -0.05) is 30.3 Å². The van der Waals surface area contributed by atoms with Gasteiger partial charge in [0.25, 0.3) is 5.22 Å². The lowest BCUT2D eigenvalue weighted by molar-refractivity contribution is 0.346. The van der Waals surface area contributed by atoms with Crippen molar-refractivity contribution in [2.75, 3.05) is 13.1 Å². The van der Waals surface area contributed by atoms with Crippen molar-refractivity contribution >= 4 is 27.4 Å². The van der Waals surface area contributed by atoms with Gasteiger partial charge in [-0.15, -0.1) is 10.2 Å². The fourth-order valence-electron chi connectivity index (χ4n) is 3.62. The van der Waals surface area contributed by atoms with Gasteiger partial charge in [0, 0.05) is 36.8 Å². The van der Waals surface area contributed by atoms with Crippen LogP contribution in [0.15, 0.2) is 69.4 Å². The molecule has 1 saturated heterocycles. The average Bonchev–Trinajstić information content (AvgIpc) is 3.45. The molecule has 0 spiro atoms. The third-order valence-electron chi connectivity index (χ3n) is 5.20. The van der Waals surface area contributed by atoms with E-state index in [-0.39, 0.29) is 4.90 Å². The van der Waals surface area contributed by atoms with E-state index < -0.39 is 10.0 Å². The highest BCUT2D eigenvalue weighted by Crippen LogP contribution is 2.28. The third kappa shape index (κ3) is 4.23. The summed E-state index contributed by atoms with van der Waals surface area (Å²) < 4.78 is 35.2. The average molecular weight is 456 g/mol. The minimum Gasteiger partial charge on any atom is -0.411 e. The van der Waals surface area contributed by atoms with E-state index in [9.17, 15) is 8.42 Å². The van der Waals surface area contributed by atoms with Crippen LogP contribution in [0.3, 0.4) is 0 Å². The number of pyridine rings is 1. The maximum Gasteiger partial charge on any atom is 0.277 e. The highest BCUT2D eigenvalue weighted by Gasteiger charge is 2.26. The molecule has 0 bridgehead atoms. The number of hydrogen-bond donors (Lipinski definition) is 0. The van der Waals surface area contributed by atoms with E-state index in [4.69, 9.17) is 4.42 Å². The number of benzene rings is 1. The molecule has 10 heteroatoms. The Bertz CT molecular complexity index is 1280. The van der Waals surface area contributed by atoms with Crippen molar-refractivity contribution in [2.45, 2.75) is 35.1 Å². The normalized spacial score (nSPS) is 15.5. The first-order chi connectivity index (χ1) is 15.1. The molecule has 8 nitrogen and oxygen atoms in total. The quantitative estimate of drug-likeness (QED) is 0.408.